The van der Waals surface area contributed by atoms with Gasteiger partial charge in [0, 0.05) is 23.5 Å². The summed E-state index contributed by atoms with van der Waals surface area (Å²) in [7, 11) is 0. The lowest BCUT2D eigenvalue weighted by Gasteiger charge is -2.10. The highest BCUT2D eigenvalue weighted by Crippen LogP contribution is 2.19. The van der Waals surface area contributed by atoms with Gasteiger partial charge in [-0.2, -0.15) is 0 Å². The molecule has 0 aliphatic heterocycles. The third-order valence-electron chi connectivity index (χ3n) is 2.77. The molecule has 0 atom stereocenters. The Morgan fingerprint density at radius 2 is 2.00 bits per heavy atom. The van der Waals surface area contributed by atoms with Crippen molar-refractivity contribution < 1.29 is 4.74 Å². The van der Waals surface area contributed by atoms with Gasteiger partial charge in [-0.05, 0) is 72.8 Å². The molecule has 0 spiro atoms. The zero-order valence-electron chi connectivity index (χ0n) is 12.7. The number of halogens is 1. The van der Waals surface area contributed by atoms with Crippen molar-refractivity contribution in [2.45, 2.75) is 26.4 Å². The Labute approximate surface area is 148 Å². The van der Waals surface area contributed by atoms with Crippen molar-refractivity contribution in [3.8, 4) is 5.75 Å². The highest BCUT2D eigenvalue weighted by atomic mass is 127. The smallest absolute Gasteiger partial charge is 0.193 e. The van der Waals surface area contributed by atoms with E-state index < -0.39 is 0 Å². The first kappa shape index (κ1) is 17.1. The minimum atomic E-state index is 0.172. The first-order valence-electron chi connectivity index (χ1n) is 7.11. The Kier molecular flexibility index (Phi) is 6.50. The average molecular weight is 429 g/mol. The molecule has 3 N–H and O–H groups in total. The second-order valence-corrected chi connectivity index (χ2v) is 8.10. The quantitative estimate of drug-likeness (QED) is 0.413. The molecule has 0 aliphatic rings. The fourth-order valence-electron chi connectivity index (χ4n) is 1.85. The van der Waals surface area contributed by atoms with Crippen molar-refractivity contribution in [1.82, 2.24) is 0 Å². The van der Waals surface area contributed by atoms with Crippen molar-refractivity contribution in [3.05, 3.63) is 44.2 Å². The lowest BCUT2D eigenvalue weighted by molar-refractivity contribution is 0.242. The van der Waals surface area contributed by atoms with Gasteiger partial charge in [0.15, 0.2) is 5.96 Å². The highest BCUT2D eigenvalue weighted by molar-refractivity contribution is 14.1. The van der Waals surface area contributed by atoms with E-state index in [1.165, 1.54) is 7.76 Å². The number of rotatable bonds is 6. The van der Waals surface area contributed by atoms with Gasteiger partial charge in [-0.15, -0.1) is 11.3 Å². The Balaban J connectivity index is 1.82. The number of anilines is 1. The van der Waals surface area contributed by atoms with Crippen LogP contribution in [0.2, 0.25) is 0 Å². The second kappa shape index (κ2) is 8.38. The van der Waals surface area contributed by atoms with Crippen molar-refractivity contribution in [3.63, 3.8) is 0 Å². The molecular weight excluding hydrogens is 409 g/mol. The molecule has 1 aromatic heterocycles. The summed E-state index contributed by atoms with van der Waals surface area (Å²) < 4.78 is 6.90. The summed E-state index contributed by atoms with van der Waals surface area (Å²) >= 11 is 4.12. The molecule has 0 saturated carbocycles. The lowest BCUT2D eigenvalue weighted by Crippen LogP contribution is -2.23. The van der Waals surface area contributed by atoms with E-state index in [0.717, 1.165) is 17.9 Å². The fraction of sp³-hybridized carbons (Fsp3) is 0.312. The van der Waals surface area contributed by atoms with Gasteiger partial charge in [-0.1, -0.05) is 0 Å². The van der Waals surface area contributed by atoms with Crippen molar-refractivity contribution in [2.75, 3.05) is 11.9 Å². The number of nitrogens with two attached hydrogens (primary N) is 1. The summed E-state index contributed by atoms with van der Waals surface area (Å²) in [6.07, 6.45) is 1.09. The molecule has 1 aromatic carbocycles. The van der Waals surface area contributed by atoms with Gasteiger partial charge in [0.25, 0.3) is 0 Å². The Bertz CT molecular complexity index is 623. The molecule has 22 heavy (non-hydrogen) atoms. The summed E-state index contributed by atoms with van der Waals surface area (Å²) in [5.41, 5.74) is 6.81. The zero-order valence-corrected chi connectivity index (χ0v) is 15.6. The second-order valence-electron chi connectivity index (χ2n) is 5.04. The molecule has 0 bridgehead atoms. The first-order valence-corrected chi connectivity index (χ1v) is 9.00. The van der Waals surface area contributed by atoms with E-state index in [1.807, 2.05) is 38.1 Å². The first-order chi connectivity index (χ1) is 10.5. The average Bonchev–Trinajstić information content (AvgIpc) is 2.86. The van der Waals surface area contributed by atoms with Crippen LogP contribution in [0.5, 0.6) is 5.75 Å². The number of aliphatic imine (C=N–C) groups is 1. The van der Waals surface area contributed by atoms with Gasteiger partial charge >= 0.3 is 0 Å². The predicted molar refractivity (Wildman–Crippen MR) is 103 cm³/mol. The van der Waals surface area contributed by atoms with Gasteiger partial charge in [-0.25, -0.2) is 0 Å². The molecule has 1 heterocycles. The molecular formula is C16H20IN3OS. The van der Waals surface area contributed by atoms with Crippen molar-refractivity contribution in [1.29, 1.82) is 0 Å². The minimum absolute atomic E-state index is 0.172. The SMILES string of the molecule is CC(C)Oc1ccc(NC(N)=NCCc2ccc(I)s2)cc1. The zero-order chi connectivity index (χ0) is 15.9. The number of thiophene rings is 1. The highest BCUT2D eigenvalue weighted by Gasteiger charge is 2.00. The van der Waals surface area contributed by atoms with E-state index in [1.54, 1.807) is 11.3 Å². The number of hydrogen-bond acceptors (Lipinski definition) is 3. The number of benzene rings is 1. The number of nitrogens with one attached hydrogen (secondary N) is 1. The molecule has 0 saturated heterocycles. The molecule has 6 heteroatoms. The maximum Gasteiger partial charge on any atom is 0.193 e. The summed E-state index contributed by atoms with van der Waals surface area (Å²) in [6.45, 7) is 4.70. The summed E-state index contributed by atoms with van der Waals surface area (Å²) in [5, 5.41) is 3.09. The third kappa shape index (κ3) is 5.84. The molecule has 4 nitrogen and oxygen atoms in total. The molecule has 0 unspecified atom stereocenters. The third-order valence-corrected chi connectivity index (χ3v) is 4.72. The van der Waals surface area contributed by atoms with Crippen LogP contribution in [0.4, 0.5) is 5.69 Å². The van der Waals surface area contributed by atoms with Gasteiger partial charge < -0.3 is 15.8 Å². The van der Waals surface area contributed by atoms with Crippen LogP contribution in [0.25, 0.3) is 0 Å². The Morgan fingerprint density at radius 1 is 1.27 bits per heavy atom. The Hall–Kier alpha value is -1.28. The van der Waals surface area contributed by atoms with Crippen LogP contribution in [0.15, 0.2) is 41.4 Å². The van der Waals surface area contributed by atoms with Crippen LogP contribution in [0.3, 0.4) is 0 Å². The fourth-order valence-corrected chi connectivity index (χ4v) is 3.59. The molecule has 0 radical (unpaired) electrons. The number of guanidine groups is 1. The van der Waals surface area contributed by atoms with Gasteiger partial charge in [0.1, 0.15) is 5.75 Å². The molecule has 2 rings (SSSR count). The molecule has 118 valence electrons. The minimum Gasteiger partial charge on any atom is -0.491 e. The van der Waals surface area contributed by atoms with Crippen molar-refractivity contribution in [2.24, 2.45) is 10.7 Å². The largest absolute Gasteiger partial charge is 0.491 e. The molecule has 0 fully saturated rings. The molecule has 0 aliphatic carbocycles. The van der Waals surface area contributed by atoms with Gasteiger partial charge in [0.2, 0.25) is 0 Å². The molecule has 2 aromatic rings. The topological polar surface area (TPSA) is 59.6 Å². The lowest BCUT2D eigenvalue weighted by atomic mass is 10.3. The maximum absolute atomic E-state index is 5.90. The summed E-state index contributed by atoms with van der Waals surface area (Å²) in [4.78, 5) is 5.68. The summed E-state index contributed by atoms with van der Waals surface area (Å²) in [5.74, 6) is 1.28. The molecule has 0 amide bonds. The van der Waals surface area contributed by atoms with E-state index >= 15 is 0 Å². The van der Waals surface area contributed by atoms with E-state index in [0.29, 0.717) is 12.5 Å². The predicted octanol–water partition coefficient (Wildman–Crippen LogP) is 4.11. The van der Waals surface area contributed by atoms with Crippen LogP contribution in [0.1, 0.15) is 18.7 Å². The number of ether oxygens (including phenoxy) is 1. The van der Waals surface area contributed by atoms with Crippen LogP contribution in [0, 0.1) is 2.88 Å². The maximum atomic E-state index is 5.90. The van der Waals surface area contributed by atoms with Crippen LogP contribution < -0.4 is 15.8 Å². The van der Waals surface area contributed by atoms with Gasteiger partial charge in [-0.3, -0.25) is 4.99 Å². The number of nitrogens with zero attached hydrogens (tertiary/aromatic N) is 1. The van der Waals surface area contributed by atoms with Crippen molar-refractivity contribution >= 4 is 45.6 Å². The van der Waals surface area contributed by atoms with E-state index in [2.05, 4.69) is 45.0 Å². The standard InChI is InChI=1S/C16H20IN3OS/c1-11(2)21-13-5-3-12(4-6-13)20-16(18)19-10-9-14-7-8-15(17)22-14/h3-8,11H,9-10H2,1-2H3,(H3,18,19,20). The monoisotopic (exact) mass is 429 g/mol. The Morgan fingerprint density at radius 3 is 2.59 bits per heavy atom. The summed E-state index contributed by atoms with van der Waals surface area (Å²) in [6, 6.07) is 12.0. The van der Waals surface area contributed by atoms with Crippen LogP contribution >= 0.6 is 33.9 Å². The van der Waals surface area contributed by atoms with Crippen LogP contribution in [-0.4, -0.2) is 18.6 Å². The van der Waals surface area contributed by atoms with E-state index in [4.69, 9.17) is 10.5 Å². The normalized spacial score (nSPS) is 11.7. The van der Waals surface area contributed by atoms with E-state index in [9.17, 15) is 0 Å². The number of hydrogen-bond donors (Lipinski definition) is 2. The van der Waals surface area contributed by atoms with Crippen LogP contribution in [-0.2, 0) is 6.42 Å². The van der Waals surface area contributed by atoms with E-state index in [-0.39, 0.29) is 6.10 Å². The van der Waals surface area contributed by atoms with Gasteiger partial charge in [0.05, 0.1) is 8.99 Å².